The van der Waals surface area contributed by atoms with E-state index in [1.807, 2.05) is 0 Å². The third-order valence-electron chi connectivity index (χ3n) is 3.58. The Labute approximate surface area is 134 Å². The summed E-state index contributed by atoms with van der Waals surface area (Å²) in [7, 11) is 0. The molecule has 6 heteroatoms. The normalized spacial score (nSPS) is 12.1. The van der Waals surface area contributed by atoms with Crippen molar-refractivity contribution in [1.29, 1.82) is 0 Å². The second-order valence-corrected chi connectivity index (χ2v) is 5.66. The fraction of sp³-hybridized carbons (Fsp3) is 0.875. The van der Waals surface area contributed by atoms with Crippen molar-refractivity contribution < 1.29 is 14.7 Å². The van der Waals surface area contributed by atoms with Gasteiger partial charge in [-0.1, -0.05) is 51.9 Å². The van der Waals surface area contributed by atoms with Crippen LogP contribution in [0.5, 0.6) is 0 Å². The van der Waals surface area contributed by atoms with Crippen LogP contribution in [0, 0.1) is 0 Å². The third kappa shape index (κ3) is 12.6. The number of carboxylic acid groups (broad SMARTS) is 1. The van der Waals surface area contributed by atoms with Crippen LogP contribution in [-0.2, 0) is 9.59 Å². The lowest BCUT2D eigenvalue weighted by molar-refractivity contribution is -0.141. The van der Waals surface area contributed by atoms with E-state index in [-0.39, 0.29) is 12.3 Å². The zero-order valence-corrected chi connectivity index (χ0v) is 13.9. The number of unbranched alkanes of at least 4 members (excludes halogenated alkanes) is 7. The predicted molar refractivity (Wildman–Crippen MR) is 88.7 cm³/mol. The summed E-state index contributed by atoms with van der Waals surface area (Å²) in [6.07, 6.45) is 9.68. The maximum absolute atomic E-state index is 11.7. The zero-order chi connectivity index (χ0) is 16.6. The van der Waals surface area contributed by atoms with Crippen molar-refractivity contribution in [3.05, 3.63) is 0 Å². The first-order valence-electron chi connectivity index (χ1n) is 8.54. The molecule has 0 heterocycles. The van der Waals surface area contributed by atoms with Gasteiger partial charge in [0.15, 0.2) is 0 Å². The van der Waals surface area contributed by atoms with E-state index in [1.165, 1.54) is 38.5 Å². The number of carbonyl (C=O) groups excluding carboxylic acids is 1. The van der Waals surface area contributed by atoms with Crippen molar-refractivity contribution in [3.63, 3.8) is 0 Å². The molecule has 130 valence electrons. The van der Waals surface area contributed by atoms with Crippen molar-refractivity contribution in [1.82, 2.24) is 10.6 Å². The van der Waals surface area contributed by atoms with Crippen LogP contribution in [0.1, 0.15) is 64.7 Å². The van der Waals surface area contributed by atoms with Gasteiger partial charge in [0.05, 0.1) is 6.42 Å². The highest BCUT2D eigenvalue weighted by molar-refractivity contribution is 5.84. The maximum atomic E-state index is 11.7. The standard InChI is InChI=1S/C16H33N3O3/c1-2-3-4-5-6-7-8-9-11-19-15(20)13-14(16(21)22)18-12-10-17/h14,18H,2-13,17H2,1H3,(H,19,20)(H,21,22). The van der Waals surface area contributed by atoms with Gasteiger partial charge in [-0.3, -0.25) is 9.59 Å². The summed E-state index contributed by atoms with van der Waals surface area (Å²) in [5.41, 5.74) is 5.32. The maximum Gasteiger partial charge on any atom is 0.321 e. The largest absolute Gasteiger partial charge is 0.480 e. The van der Waals surface area contributed by atoms with E-state index in [1.54, 1.807) is 0 Å². The molecule has 0 aliphatic heterocycles. The molecule has 0 aromatic rings. The number of rotatable bonds is 15. The molecule has 1 amide bonds. The number of amides is 1. The van der Waals surface area contributed by atoms with Crippen LogP contribution in [0.2, 0.25) is 0 Å². The summed E-state index contributed by atoms with van der Waals surface area (Å²) in [6.45, 7) is 3.58. The number of hydrogen-bond donors (Lipinski definition) is 4. The fourth-order valence-electron chi connectivity index (χ4n) is 2.25. The lowest BCUT2D eigenvalue weighted by atomic mass is 10.1. The quantitative estimate of drug-likeness (QED) is 0.344. The molecule has 5 N–H and O–H groups in total. The van der Waals surface area contributed by atoms with Crippen LogP contribution in [0.4, 0.5) is 0 Å². The third-order valence-corrected chi connectivity index (χ3v) is 3.58. The summed E-state index contributed by atoms with van der Waals surface area (Å²) in [5.74, 6) is -1.24. The van der Waals surface area contributed by atoms with Crippen LogP contribution < -0.4 is 16.4 Å². The van der Waals surface area contributed by atoms with Gasteiger partial charge in [0.25, 0.3) is 0 Å². The fourth-order valence-corrected chi connectivity index (χ4v) is 2.25. The van der Waals surface area contributed by atoms with Gasteiger partial charge in [-0.15, -0.1) is 0 Å². The summed E-state index contributed by atoms with van der Waals surface area (Å²) < 4.78 is 0. The Morgan fingerprint density at radius 2 is 1.59 bits per heavy atom. The molecule has 0 aliphatic rings. The molecule has 0 saturated carbocycles. The van der Waals surface area contributed by atoms with Crippen LogP contribution in [0.15, 0.2) is 0 Å². The Morgan fingerprint density at radius 3 is 2.14 bits per heavy atom. The molecular weight excluding hydrogens is 282 g/mol. The number of carboxylic acids is 1. The van der Waals surface area contributed by atoms with Crippen LogP contribution in [0.25, 0.3) is 0 Å². The Hall–Kier alpha value is -1.14. The van der Waals surface area contributed by atoms with E-state index in [0.29, 0.717) is 19.6 Å². The monoisotopic (exact) mass is 315 g/mol. The number of nitrogens with one attached hydrogen (secondary N) is 2. The molecule has 0 radical (unpaired) electrons. The number of carbonyl (C=O) groups is 2. The minimum absolute atomic E-state index is 0.0493. The van der Waals surface area contributed by atoms with Crippen LogP contribution >= 0.6 is 0 Å². The lowest BCUT2D eigenvalue weighted by Gasteiger charge is -2.13. The smallest absolute Gasteiger partial charge is 0.321 e. The molecule has 0 aromatic carbocycles. The van der Waals surface area contributed by atoms with E-state index in [9.17, 15) is 9.59 Å². The number of hydrogen-bond acceptors (Lipinski definition) is 4. The van der Waals surface area contributed by atoms with Gasteiger partial charge in [-0.25, -0.2) is 0 Å². The van der Waals surface area contributed by atoms with Crippen molar-refractivity contribution in [2.45, 2.75) is 70.8 Å². The van der Waals surface area contributed by atoms with Crippen LogP contribution in [-0.4, -0.2) is 42.7 Å². The highest BCUT2D eigenvalue weighted by Gasteiger charge is 2.19. The molecule has 0 aliphatic carbocycles. The summed E-state index contributed by atoms with van der Waals surface area (Å²) in [6, 6.07) is -0.859. The van der Waals surface area contributed by atoms with Gasteiger partial charge in [-0.2, -0.15) is 0 Å². The molecule has 0 fully saturated rings. The Kier molecular flexibility index (Phi) is 14.0. The molecule has 1 unspecified atom stereocenters. The average molecular weight is 315 g/mol. The molecule has 0 saturated heterocycles. The predicted octanol–water partition coefficient (Wildman–Crippen LogP) is 1.63. The van der Waals surface area contributed by atoms with Gasteiger partial charge in [0.2, 0.25) is 5.91 Å². The Morgan fingerprint density at radius 1 is 1.00 bits per heavy atom. The van der Waals surface area contributed by atoms with Crippen molar-refractivity contribution in [3.8, 4) is 0 Å². The minimum Gasteiger partial charge on any atom is -0.480 e. The van der Waals surface area contributed by atoms with E-state index >= 15 is 0 Å². The molecular formula is C16H33N3O3. The first-order chi connectivity index (χ1) is 10.6. The molecule has 0 spiro atoms. The van der Waals surface area contributed by atoms with E-state index in [2.05, 4.69) is 17.6 Å². The molecule has 0 aromatic heterocycles. The van der Waals surface area contributed by atoms with Crippen LogP contribution in [0.3, 0.4) is 0 Å². The molecule has 0 rings (SSSR count). The second-order valence-electron chi connectivity index (χ2n) is 5.66. The minimum atomic E-state index is -1.02. The van der Waals surface area contributed by atoms with Gasteiger partial charge in [0, 0.05) is 19.6 Å². The van der Waals surface area contributed by atoms with Crippen molar-refractivity contribution >= 4 is 11.9 Å². The molecule has 0 bridgehead atoms. The lowest BCUT2D eigenvalue weighted by Crippen LogP contribution is -2.43. The van der Waals surface area contributed by atoms with E-state index in [4.69, 9.17) is 10.8 Å². The first-order valence-corrected chi connectivity index (χ1v) is 8.54. The van der Waals surface area contributed by atoms with Crippen molar-refractivity contribution in [2.75, 3.05) is 19.6 Å². The second kappa shape index (κ2) is 14.8. The summed E-state index contributed by atoms with van der Waals surface area (Å²) >= 11 is 0. The van der Waals surface area contributed by atoms with Gasteiger partial charge >= 0.3 is 5.97 Å². The Balaban J connectivity index is 3.57. The topological polar surface area (TPSA) is 104 Å². The molecule has 6 nitrogen and oxygen atoms in total. The molecule has 1 atom stereocenters. The van der Waals surface area contributed by atoms with E-state index < -0.39 is 12.0 Å². The summed E-state index contributed by atoms with van der Waals surface area (Å²) in [5, 5.41) is 14.5. The van der Waals surface area contributed by atoms with Gasteiger partial charge < -0.3 is 21.5 Å². The Bertz CT molecular complexity index is 298. The average Bonchev–Trinajstić information content (AvgIpc) is 2.49. The highest BCUT2D eigenvalue weighted by atomic mass is 16.4. The summed E-state index contributed by atoms with van der Waals surface area (Å²) in [4.78, 5) is 22.7. The van der Waals surface area contributed by atoms with Gasteiger partial charge in [0.1, 0.15) is 6.04 Å². The van der Waals surface area contributed by atoms with E-state index in [0.717, 1.165) is 12.8 Å². The highest BCUT2D eigenvalue weighted by Crippen LogP contribution is 2.07. The first kappa shape index (κ1) is 20.9. The number of nitrogens with two attached hydrogens (primary N) is 1. The van der Waals surface area contributed by atoms with Crippen molar-refractivity contribution in [2.24, 2.45) is 5.73 Å². The van der Waals surface area contributed by atoms with Gasteiger partial charge in [-0.05, 0) is 6.42 Å². The molecule has 22 heavy (non-hydrogen) atoms. The SMILES string of the molecule is CCCCCCCCCCNC(=O)CC(NCCN)C(=O)O. The number of aliphatic carboxylic acids is 1. The zero-order valence-electron chi connectivity index (χ0n) is 13.9.